The van der Waals surface area contributed by atoms with Crippen LogP contribution in [0.3, 0.4) is 0 Å². The van der Waals surface area contributed by atoms with Gasteiger partial charge in [0, 0.05) is 0 Å². The van der Waals surface area contributed by atoms with Crippen molar-refractivity contribution in [3.63, 3.8) is 0 Å². The van der Waals surface area contributed by atoms with E-state index >= 15 is 0 Å². The van der Waals surface area contributed by atoms with E-state index < -0.39 is 0 Å². The van der Waals surface area contributed by atoms with Crippen molar-refractivity contribution in [3.8, 4) is 5.69 Å². The van der Waals surface area contributed by atoms with E-state index in [-0.39, 0.29) is 11.1 Å². The van der Waals surface area contributed by atoms with Crippen LogP contribution in [0.15, 0.2) is 35.8 Å². The molecule has 106 valence electrons. The zero-order valence-electron chi connectivity index (χ0n) is 10.9. The Labute approximate surface area is 129 Å². The summed E-state index contributed by atoms with van der Waals surface area (Å²) in [6, 6.07) is 9.39. The average molecular weight is 320 g/mol. The fourth-order valence-electron chi connectivity index (χ4n) is 1.88. The van der Waals surface area contributed by atoms with Gasteiger partial charge < -0.3 is 0 Å². The van der Waals surface area contributed by atoms with Gasteiger partial charge in [0.05, 0.1) is 11.4 Å². The maximum Gasteiger partial charge on any atom is 0.262 e. The second-order valence-electron chi connectivity index (χ2n) is 4.20. The molecule has 0 saturated heterocycles. The second-order valence-corrected chi connectivity index (χ2v) is 5.39. The Morgan fingerprint density at radius 3 is 2.76 bits per heavy atom. The van der Waals surface area contributed by atoms with Gasteiger partial charge >= 0.3 is 0 Å². The molecule has 3 aromatic rings. The van der Waals surface area contributed by atoms with E-state index in [0.29, 0.717) is 16.4 Å². The van der Waals surface area contributed by atoms with Crippen LogP contribution >= 0.6 is 22.9 Å². The number of nitrogens with one attached hydrogen (secondary N) is 1. The number of hydrogen-bond donors (Lipinski definition) is 1. The number of halogens is 1. The minimum atomic E-state index is -0.351. The first kappa shape index (κ1) is 13.7. The molecule has 0 unspecified atom stereocenters. The summed E-state index contributed by atoms with van der Waals surface area (Å²) in [6.45, 7) is 1.74. The fraction of sp³-hybridized carbons (Fsp3) is 0.0769. The first-order valence-electron chi connectivity index (χ1n) is 6.05. The van der Waals surface area contributed by atoms with Crippen molar-refractivity contribution in [2.45, 2.75) is 6.92 Å². The molecule has 8 heteroatoms. The third kappa shape index (κ3) is 2.65. The molecule has 0 atom stereocenters. The number of rotatable bonds is 3. The summed E-state index contributed by atoms with van der Waals surface area (Å²) >= 11 is 7.54. The molecule has 0 aliphatic carbocycles. The number of para-hydroxylation sites is 1. The smallest absolute Gasteiger partial charge is 0.262 e. The normalized spacial score (nSPS) is 10.6. The number of carbonyl (C=O) groups is 1. The van der Waals surface area contributed by atoms with Crippen LogP contribution in [0.1, 0.15) is 16.1 Å². The Morgan fingerprint density at radius 1 is 1.33 bits per heavy atom. The van der Waals surface area contributed by atoms with Gasteiger partial charge in [-0.3, -0.25) is 10.1 Å². The van der Waals surface area contributed by atoms with E-state index in [1.54, 1.807) is 6.92 Å². The highest BCUT2D eigenvalue weighted by Crippen LogP contribution is 2.24. The van der Waals surface area contributed by atoms with Crippen LogP contribution in [0.2, 0.25) is 5.15 Å². The largest absolute Gasteiger partial charge is 0.296 e. The van der Waals surface area contributed by atoms with Gasteiger partial charge in [-0.1, -0.05) is 41.1 Å². The minimum absolute atomic E-state index is 0.265. The molecule has 0 radical (unpaired) electrons. The molecule has 0 fully saturated rings. The van der Waals surface area contributed by atoms with Gasteiger partial charge in [-0.2, -0.15) is 5.10 Å². The summed E-state index contributed by atoms with van der Waals surface area (Å²) in [5, 5.41) is 15.1. The van der Waals surface area contributed by atoms with Crippen molar-refractivity contribution in [2.75, 3.05) is 5.32 Å². The Morgan fingerprint density at radius 2 is 2.10 bits per heavy atom. The Balaban J connectivity index is 1.97. The van der Waals surface area contributed by atoms with Crippen molar-refractivity contribution in [2.24, 2.45) is 0 Å². The summed E-state index contributed by atoms with van der Waals surface area (Å²) in [4.78, 5) is 12.3. The van der Waals surface area contributed by atoms with Gasteiger partial charge in [-0.05, 0) is 19.1 Å². The van der Waals surface area contributed by atoms with Crippen LogP contribution < -0.4 is 5.32 Å². The molecule has 21 heavy (non-hydrogen) atoms. The second kappa shape index (κ2) is 5.63. The predicted molar refractivity (Wildman–Crippen MR) is 81.2 cm³/mol. The van der Waals surface area contributed by atoms with Crippen molar-refractivity contribution in [3.05, 3.63) is 52.3 Å². The predicted octanol–water partition coefficient (Wildman–Crippen LogP) is 2.94. The van der Waals surface area contributed by atoms with Gasteiger partial charge in [-0.25, -0.2) is 4.68 Å². The Hall–Kier alpha value is -2.25. The quantitative estimate of drug-likeness (QED) is 0.805. The van der Waals surface area contributed by atoms with E-state index in [0.717, 1.165) is 5.69 Å². The van der Waals surface area contributed by atoms with E-state index in [9.17, 15) is 4.79 Å². The van der Waals surface area contributed by atoms with Gasteiger partial charge in [0.1, 0.15) is 16.2 Å². The van der Waals surface area contributed by atoms with Crippen LogP contribution in [-0.2, 0) is 0 Å². The van der Waals surface area contributed by atoms with Gasteiger partial charge in [0.25, 0.3) is 5.91 Å². The third-order valence-electron chi connectivity index (χ3n) is 2.81. The van der Waals surface area contributed by atoms with Crippen LogP contribution in [0.25, 0.3) is 5.69 Å². The molecule has 2 aromatic heterocycles. The van der Waals surface area contributed by atoms with Crippen LogP contribution in [0.5, 0.6) is 0 Å². The average Bonchev–Trinajstić information content (AvgIpc) is 3.08. The van der Waals surface area contributed by atoms with Crippen LogP contribution in [0.4, 0.5) is 5.13 Å². The zero-order chi connectivity index (χ0) is 14.8. The summed E-state index contributed by atoms with van der Waals surface area (Å²) < 4.78 is 1.53. The number of nitrogens with zero attached hydrogens (tertiary/aromatic N) is 4. The molecule has 2 heterocycles. The summed E-state index contributed by atoms with van der Waals surface area (Å²) in [6.07, 6.45) is 0. The van der Waals surface area contributed by atoms with Crippen molar-refractivity contribution in [1.82, 2.24) is 20.0 Å². The number of benzene rings is 1. The van der Waals surface area contributed by atoms with E-state index in [2.05, 4.69) is 20.6 Å². The van der Waals surface area contributed by atoms with E-state index in [4.69, 9.17) is 11.6 Å². The standard InChI is InChI=1S/C13H10ClN5OS/c1-8-10(12(20)16-13-17-15-7-21-13)11(14)19(18-8)9-5-3-2-4-6-9/h2-7H,1H3,(H,16,17,20). The monoisotopic (exact) mass is 319 g/mol. The SMILES string of the molecule is Cc1nn(-c2ccccc2)c(Cl)c1C(=O)Nc1nncs1. The molecule has 0 saturated carbocycles. The number of anilines is 1. The summed E-state index contributed by atoms with van der Waals surface area (Å²) in [5.41, 5.74) is 3.21. The van der Waals surface area contributed by atoms with Gasteiger partial charge in [0.2, 0.25) is 5.13 Å². The molecule has 0 spiro atoms. The molecule has 6 nitrogen and oxygen atoms in total. The van der Waals surface area contributed by atoms with Crippen molar-refractivity contribution >= 4 is 34.0 Å². The lowest BCUT2D eigenvalue weighted by molar-refractivity contribution is 0.102. The summed E-state index contributed by atoms with van der Waals surface area (Å²) in [7, 11) is 0. The maximum absolute atomic E-state index is 12.3. The fourth-order valence-corrected chi connectivity index (χ4v) is 2.68. The number of carbonyl (C=O) groups excluding carboxylic acids is 1. The molecular formula is C13H10ClN5OS. The molecule has 1 N–H and O–H groups in total. The topological polar surface area (TPSA) is 72.7 Å². The highest BCUT2D eigenvalue weighted by atomic mass is 35.5. The molecule has 0 aliphatic rings. The highest BCUT2D eigenvalue weighted by molar-refractivity contribution is 7.13. The third-order valence-corrected chi connectivity index (χ3v) is 3.77. The number of aromatic nitrogens is 4. The first-order chi connectivity index (χ1) is 10.2. The van der Waals surface area contributed by atoms with E-state index in [1.165, 1.54) is 21.5 Å². The maximum atomic E-state index is 12.3. The van der Waals surface area contributed by atoms with Crippen molar-refractivity contribution < 1.29 is 4.79 Å². The van der Waals surface area contributed by atoms with Gasteiger partial charge in [-0.15, -0.1) is 10.2 Å². The van der Waals surface area contributed by atoms with Crippen molar-refractivity contribution in [1.29, 1.82) is 0 Å². The molecule has 1 aromatic carbocycles. The molecular weight excluding hydrogens is 310 g/mol. The zero-order valence-corrected chi connectivity index (χ0v) is 12.5. The number of amides is 1. The lowest BCUT2D eigenvalue weighted by atomic mass is 10.2. The Kier molecular flexibility index (Phi) is 3.68. The minimum Gasteiger partial charge on any atom is -0.296 e. The van der Waals surface area contributed by atoms with Crippen LogP contribution in [-0.4, -0.2) is 25.9 Å². The first-order valence-corrected chi connectivity index (χ1v) is 7.30. The van der Waals surface area contributed by atoms with Gasteiger partial charge in [0.15, 0.2) is 0 Å². The Bertz CT molecular complexity index is 769. The molecule has 0 aliphatic heterocycles. The summed E-state index contributed by atoms with van der Waals surface area (Å²) in [5.74, 6) is -0.351. The lowest BCUT2D eigenvalue weighted by Crippen LogP contribution is -2.13. The molecule has 1 amide bonds. The molecule has 0 bridgehead atoms. The van der Waals surface area contributed by atoms with Crippen LogP contribution in [0, 0.1) is 6.92 Å². The highest BCUT2D eigenvalue weighted by Gasteiger charge is 2.21. The number of hydrogen-bond acceptors (Lipinski definition) is 5. The number of aryl methyl sites for hydroxylation is 1. The van der Waals surface area contributed by atoms with E-state index in [1.807, 2.05) is 30.3 Å². The lowest BCUT2D eigenvalue weighted by Gasteiger charge is -2.03. The molecule has 3 rings (SSSR count).